The molecule has 0 fully saturated rings. The van der Waals surface area contributed by atoms with Crippen molar-refractivity contribution in [2.24, 2.45) is 0 Å². The fourth-order valence-electron chi connectivity index (χ4n) is 4.08. The van der Waals surface area contributed by atoms with Gasteiger partial charge in [-0.25, -0.2) is 0 Å². The monoisotopic (exact) mass is 549 g/mol. The first kappa shape index (κ1) is 29.6. The number of methoxy groups -OCH3 is 2. The number of hydrogen-bond acceptors (Lipinski definition) is 6. The fraction of sp³-hybridized carbons (Fsp3) is 0.300. The molecule has 3 N–H and O–H groups in total. The van der Waals surface area contributed by atoms with Crippen LogP contribution in [-0.4, -0.2) is 56.3 Å². The smallest absolute Gasteiger partial charge is 0.252 e. The first-order valence-corrected chi connectivity index (χ1v) is 13.3. The van der Waals surface area contributed by atoms with Gasteiger partial charge in [0.2, 0.25) is 5.91 Å². The molecule has 0 aliphatic rings. The van der Waals surface area contributed by atoms with Crippen molar-refractivity contribution in [3.05, 3.63) is 95.6 Å². The van der Waals surface area contributed by atoms with Crippen LogP contribution in [-0.2, 0) is 33.6 Å². The highest BCUT2D eigenvalue weighted by molar-refractivity contribution is 7.81. The minimum absolute atomic E-state index is 0.258. The largest absolute Gasteiger partial charge is 0.496 e. The van der Waals surface area contributed by atoms with Crippen molar-refractivity contribution in [2.45, 2.75) is 30.6 Å². The van der Waals surface area contributed by atoms with Crippen LogP contribution in [0.2, 0.25) is 0 Å². The lowest BCUT2D eigenvalue weighted by atomic mass is 10.1. The fourth-order valence-corrected chi connectivity index (χ4v) is 4.37. The molecular weight excluding hydrogens is 514 g/mol. The summed E-state index contributed by atoms with van der Waals surface area (Å²) < 4.78 is 10.7. The average molecular weight is 550 g/mol. The minimum atomic E-state index is -1.42. The van der Waals surface area contributed by atoms with Gasteiger partial charge in [-0.15, -0.1) is 0 Å². The number of hydrogen-bond donors (Lipinski definition) is 4. The summed E-state index contributed by atoms with van der Waals surface area (Å²) in [6.07, 6.45) is 1.34. The Morgan fingerprint density at radius 1 is 0.692 bits per heavy atom. The number of rotatable bonds is 14. The number of amides is 3. The predicted octanol–water partition coefficient (Wildman–Crippen LogP) is 2.75. The van der Waals surface area contributed by atoms with Crippen LogP contribution in [0.4, 0.5) is 0 Å². The van der Waals surface area contributed by atoms with E-state index in [0.717, 1.165) is 16.7 Å². The Bertz CT molecular complexity index is 1170. The molecule has 0 radical (unpaired) electrons. The van der Waals surface area contributed by atoms with Gasteiger partial charge in [0.05, 0.1) is 19.5 Å². The molecule has 3 amide bonds. The van der Waals surface area contributed by atoms with Crippen LogP contribution in [0.1, 0.15) is 16.7 Å². The van der Waals surface area contributed by atoms with Gasteiger partial charge in [-0.05, 0) is 48.1 Å². The quantitative estimate of drug-likeness (QED) is 0.183. The van der Waals surface area contributed by atoms with Gasteiger partial charge in [-0.1, -0.05) is 66.7 Å². The van der Waals surface area contributed by atoms with E-state index in [1.165, 1.54) is 0 Å². The number of para-hydroxylation sites is 2. The van der Waals surface area contributed by atoms with Crippen LogP contribution in [0, 0.1) is 0 Å². The standard InChI is InChI=1S/C30H35N3O5S/c1-37-24-14-8-6-12-22(24)16-18-31-29(35)27(33-28(34)26(39)20-21-10-4-3-5-11-21)30(36)32-19-17-23-13-7-9-15-25(23)38-2/h3-15,26-27,39H,16-20H2,1-2H3,(H,31,35)(H,32,36)(H,33,34). The number of carbonyl (C=O) groups excluding carboxylic acids is 3. The first-order valence-electron chi connectivity index (χ1n) is 12.7. The van der Waals surface area contributed by atoms with E-state index in [-0.39, 0.29) is 13.1 Å². The SMILES string of the molecule is COc1ccccc1CCNC(=O)C(NC(=O)C(S)Cc1ccccc1)C(=O)NCCc1ccccc1OC. The van der Waals surface area contributed by atoms with Crippen molar-refractivity contribution in [2.75, 3.05) is 27.3 Å². The summed E-state index contributed by atoms with van der Waals surface area (Å²) >= 11 is 4.43. The normalized spacial score (nSPS) is 11.4. The highest BCUT2D eigenvalue weighted by Gasteiger charge is 2.30. The predicted molar refractivity (Wildman–Crippen MR) is 154 cm³/mol. The van der Waals surface area contributed by atoms with E-state index in [1.54, 1.807) is 14.2 Å². The van der Waals surface area contributed by atoms with E-state index >= 15 is 0 Å². The van der Waals surface area contributed by atoms with E-state index < -0.39 is 29.0 Å². The number of nitrogens with one attached hydrogen (secondary N) is 3. The molecule has 0 aliphatic heterocycles. The van der Waals surface area contributed by atoms with Gasteiger partial charge < -0.3 is 25.4 Å². The second-order valence-corrected chi connectivity index (χ2v) is 9.48. The Kier molecular flexibility index (Phi) is 11.7. The summed E-state index contributed by atoms with van der Waals surface area (Å²) in [4.78, 5) is 39.2. The summed E-state index contributed by atoms with van der Waals surface area (Å²) in [6, 6.07) is 23.0. The van der Waals surface area contributed by atoms with Crippen molar-refractivity contribution >= 4 is 30.4 Å². The summed E-state index contributed by atoms with van der Waals surface area (Å²) in [5, 5.41) is 7.39. The second kappa shape index (κ2) is 15.4. The first-order chi connectivity index (χ1) is 18.9. The molecule has 3 aromatic rings. The highest BCUT2D eigenvalue weighted by Crippen LogP contribution is 2.18. The summed E-state index contributed by atoms with van der Waals surface area (Å²) in [7, 11) is 3.17. The van der Waals surface area contributed by atoms with Gasteiger partial charge in [0, 0.05) is 13.1 Å². The highest BCUT2D eigenvalue weighted by atomic mass is 32.1. The Hall–Kier alpha value is -3.98. The number of carbonyl (C=O) groups is 3. The zero-order chi connectivity index (χ0) is 28.0. The van der Waals surface area contributed by atoms with Gasteiger partial charge in [-0.2, -0.15) is 12.6 Å². The third-order valence-corrected chi connectivity index (χ3v) is 6.57. The van der Waals surface area contributed by atoms with Crippen LogP contribution < -0.4 is 25.4 Å². The van der Waals surface area contributed by atoms with Gasteiger partial charge in [0.25, 0.3) is 11.8 Å². The van der Waals surface area contributed by atoms with Crippen LogP contribution in [0.15, 0.2) is 78.9 Å². The van der Waals surface area contributed by atoms with Gasteiger partial charge in [0.15, 0.2) is 6.04 Å². The molecule has 39 heavy (non-hydrogen) atoms. The maximum Gasteiger partial charge on any atom is 0.252 e. The van der Waals surface area contributed by atoms with Crippen molar-refractivity contribution < 1.29 is 23.9 Å². The van der Waals surface area contributed by atoms with Crippen molar-refractivity contribution in [3.63, 3.8) is 0 Å². The van der Waals surface area contributed by atoms with Gasteiger partial charge in [-0.3, -0.25) is 14.4 Å². The third kappa shape index (κ3) is 9.07. The molecule has 0 saturated carbocycles. The van der Waals surface area contributed by atoms with Gasteiger partial charge >= 0.3 is 0 Å². The van der Waals surface area contributed by atoms with Crippen LogP contribution >= 0.6 is 12.6 Å². The maximum absolute atomic E-state index is 13.1. The molecule has 0 bridgehead atoms. The zero-order valence-electron chi connectivity index (χ0n) is 22.2. The van der Waals surface area contributed by atoms with Crippen LogP contribution in [0.3, 0.4) is 0 Å². The van der Waals surface area contributed by atoms with Crippen LogP contribution in [0.25, 0.3) is 0 Å². The minimum Gasteiger partial charge on any atom is -0.496 e. The molecule has 0 heterocycles. The average Bonchev–Trinajstić information content (AvgIpc) is 2.96. The van der Waals surface area contributed by atoms with E-state index in [1.807, 2.05) is 78.9 Å². The van der Waals surface area contributed by atoms with E-state index in [2.05, 4.69) is 28.6 Å². The molecule has 0 aliphatic carbocycles. The van der Waals surface area contributed by atoms with E-state index in [4.69, 9.17) is 9.47 Å². The molecular formula is C30H35N3O5S. The lowest BCUT2D eigenvalue weighted by Gasteiger charge is -2.20. The third-order valence-electron chi connectivity index (χ3n) is 6.16. The number of ether oxygens (including phenoxy) is 2. The molecule has 0 saturated heterocycles. The molecule has 206 valence electrons. The lowest BCUT2D eigenvalue weighted by molar-refractivity contribution is -0.136. The molecule has 1 atom stereocenters. The topological polar surface area (TPSA) is 106 Å². The number of benzene rings is 3. The molecule has 3 rings (SSSR count). The molecule has 1 unspecified atom stereocenters. The molecule has 0 aromatic heterocycles. The summed E-state index contributed by atoms with van der Waals surface area (Å²) in [5.74, 6) is -0.289. The lowest BCUT2D eigenvalue weighted by Crippen LogP contribution is -2.57. The van der Waals surface area contributed by atoms with Crippen molar-refractivity contribution in [1.29, 1.82) is 0 Å². The molecule has 8 nitrogen and oxygen atoms in total. The number of thiol groups is 1. The Morgan fingerprint density at radius 2 is 1.15 bits per heavy atom. The zero-order valence-corrected chi connectivity index (χ0v) is 23.1. The molecule has 3 aromatic carbocycles. The Morgan fingerprint density at radius 3 is 1.64 bits per heavy atom. The van der Waals surface area contributed by atoms with Crippen molar-refractivity contribution in [1.82, 2.24) is 16.0 Å². The summed E-state index contributed by atoms with van der Waals surface area (Å²) in [5.41, 5.74) is 2.76. The second-order valence-electron chi connectivity index (χ2n) is 8.85. The van der Waals surface area contributed by atoms with E-state index in [9.17, 15) is 14.4 Å². The Balaban J connectivity index is 1.64. The van der Waals surface area contributed by atoms with E-state index in [0.29, 0.717) is 30.8 Å². The van der Waals surface area contributed by atoms with Gasteiger partial charge in [0.1, 0.15) is 11.5 Å². The summed E-state index contributed by atoms with van der Waals surface area (Å²) in [6.45, 7) is 0.517. The molecule has 0 spiro atoms. The maximum atomic E-state index is 13.1. The van der Waals surface area contributed by atoms with Crippen LogP contribution in [0.5, 0.6) is 11.5 Å². The Labute approximate surface area is 234 Å². The molecule has 9 heteroatoms. The van der Waals surface area contributed by atoms with Crippen molar-refractivity contribution in [3.8, 4) is 11.5 Å².